The van der Waals surface area contributed by atoms with Crippen molar-refractivity contribution in [1.82, 2.24) is 14.5 Å². The van der Waals surface area contributed by atoms with Crippen LogP contribution in [0, 0.1) is 0 Å². The number of aromatic nitrogens is 3. The molecular weight excluding hydrogens is 468 g/mol. The van der Waals surface area contributed by atoms with Crippen LogP contribution in [0.15, 0.2) is 67.5 Å². The average Bonchev–Trinajstić information content (AvgIpc) is 3.69. The molecule has 0 atom stereocenters. The molecule has 3 N–H and O–H groups in total. The third-order valence-corrected chi connectivity index (χ3v) is 6.47. The van der Waals surface area contributed by atoms with Crippen LogP contribution in [0.5, 0.6) is 5.75 Å². The van der Waals surface area contributed by atoms with Crippen LogP contribution in [0.25, 0.3) is 22.2 Å². The highest BCUT2D eigenvalue weighted by molar-refractivity contribution is 6.02. The molecule has 5 rings (SSSR count). The van der Waals surface area contributed by atoms with E-state index in [1.165, 1.54) is 24.4 Å². The zero-order valence-electron chi connectivity index (χ0n) is 20.9. The van der Waals surface area contributed by atoms with Gasteiger partial charge in [-0.2, -0.15) is 0 Å². The standard InChI is InChI=1S/C28H30N6O3/c1-4-27(36)30-22-15-23(26(37-3)16-25(22)33(2)13-14-35)32-28-29-12-11-21(31-28)20-17-34(18-9-10-18)24-8-6-5-7-19(20)24/h4-8,11-12,15-18,35H,1,9-10,13-14H2,2-3H3,(H,30,36)(H,29,31,32). The second-order valence-electron chi connectivity index (χ2n) is 9.00. The molecule has 1 aliphatic rings. The first-order valence-electron chi connectivity index (χ1n) is 12.2. The van der Waals surface area contributed by atoms with Crippen LogP contribution in [-0.2, 0) is 4.79 Å². The number of anilines is 4. The van der Waals surface area contributed by atoms with Gasteiger partial charge in [-0.05, 0) is 37.1 Å². The number of hydrogen-bond donors (Lipinski definition) is 3. The maximum Gasteiger partial charge on any atom is 0.247 e. The number of aliphatic hydroxyl groups excluding tert-OH is 1. The van der Waals surface area contributed by atoms with Crippen LogP contribution in [0.1, 0.15) is 18.9 Å². The zero-order chi connectivity index (χ0) is 25.9. The van der Waals surface area contributed by atoms with Crippen LogP contribution in [0.3, 0.4) is 0 Å². The molecule has 0 spiro atoms. The molecule has 0 unspecified atom stereocenters. The smallest absolute Gasteiger partial charge is 0.247 e. The average molecular weight is 499 g/mol. The summed E-state index contributed by atoms with van der Waals surface area (Å²) in [5, 5.41) is 16.7. The number of nitrogens with one attached hydrogen (secondary N) is 2. The first-order chi connectivity index (χ1) is 18.0. The van der Waals surface area contributed by atoms with Crippen LogP contribution >= 0.6 is 0 Å². The predicted octanol–water partition coefficient (Wildman–Crippen LogP) is 4.74. The second-order valence-corrected chi connectivity index (χ2v) is 9.00. The number of para-hydroxylation sites is 1. The molecule has 0 saturated heterocycles. The van der Waals surface area contributed by atoms with Gasteiger partial charge < -0.3 is 29.9 Å². The molecule has 9 heteroatoms. The minimum Gasteiger partial charge on any atom is -0.494 e. The molecule has 0 radical (unpaired) electrons. The number of aliphatic hydroxyl groups is 1. The van der Waals surface area contributed by atoms with Gasteiger partial charge in [0.2, 0.25) is 11.9 Å². The number of ether oxygens (including phenoxy) is 1. The van der Waals surface area contributed by atoms with Crippen molar-refractivity contribution in [3.05, 3.63) is 67.5 Å². The Kier molecular flexibility index (Phi) is 6.78. The number of carbonyl (C=O) groups is 1. The lowest BCUT2D eigenvalue weighted by atomic mass is 10.1. The number of fused-ring (bicyclic) bond motifs is 1. The highest BCUT2D eigenvalue weighted by Crippen LogP contribution is 2.41. The number of benzene rings is 2. The minimum atomic E-state index is -0.347. The summed E-state index contributed by atoms with van der Waals surface area (Å²) in [6.45, 7) is 3.89. The zero-order valence-corrected chi connectivity index (χ0v) is 20.9. The first-order valence-corrected chi connectivity index (χ1v) is 12.2. The Morgan fingerprint density at radius 3 is 2.81 bits per heavy atom. The van der Waals surface area contributed by atoms with Crippen molar-refractivity contribution in [1.29, 1.82) is 0 Å². The van der Waals surface area contributed by atoms with E-state index in [1.807, 2.05) is 24.1 Å². The Balaban J connectivity index is 1.52. The molecule has 1 aliphatic carbocycles. The van der Waals surface area contributed by atoms with Gasteiger partial charge in [-0.1, -0.05) is 24.8 Å². The first kappa shape index (κ1) is 24.3. The van der Waals surface area contributed by atoms with Crippen molar-refractivity contribution in [2.75, 3.05) is 42.8 Å². The molecule has 190 valence electrons. The van der Waals surface area contributed by atoms with Gasteiger partial charge >= 0.3 is 0 Å². The lowest BCUT2D eigenvalue weighted by Crippen LogP contribution is -2.23. The van der Waals surface area contributed by atoms with Crippen molar-refractivity contribution >= 4 is 39.8 Å². The fourth-order valence-electron chi connectivity index (χ4n) is 4.46. The van der Waals surface area contributed by atoms with Crippen LogP contribution < -0.4 is 20.3 Å². The molecule has 4 aromatic rings. The van der Waals surface area contributed by atoms with Gasteiger partial charge in [-0.15, -0.1) is 0 Å². The van der Waals surface area contributed by atoms with E-state index in [9.17, 15) is 9.90 Å². The van der Waals surface area contributed by atoms with Gasteiger partial charge in [0.15, 0.2) is 0 Å². The van der Waals surface area contributed by atoms with Crippen LogP contribution in [0.4, 0.5) is 23.0 Å². The number of likely N-dealkylation sites (N-methyl/N-ethyl adjacent to an activating group) is 1. The van der Waals surface area contributed by atoms with Crippen molar-refractivity contribution in [3.63, 3.8) is 0 Å². The van der Waals surface area contributed by atoms with Crippen LogP contribution in [0.2, 0.25) is 0 Å². The Bertz CT molecular complexity index is 1460. The topological polar surface area (TPSA) is 105 Å². The summed E-state index contributed by atoms with van der Waals surface area (Å²) in [5.74, 6) is 0.590. The summed E-state index contributed by atoms with van der Waals surface area (Å²) in [6, 6.07) is 14.4. The molecular formula is C28H30N6O3. The van der Waals surface area contributed by atoms with Crippen LogP contribution in [-0.4, -0.2) is 52.9 Å². The summed E-state index contributed by atoms with van der Waals surface area (Å²) in [6.07, 6.45) is 7.51. The van der Waals surface area contributed by atoms with E-state index in [-0.39, 0.29) is 12.5 Å². The Morgan fingerprint density at radius 2 is 2.08 bits per heavy atom. The molecule has 2 heterocycles. The lowest BCUT2D eigenvalue weighted by Gasteiger charge is -2.24. The van der Waals surface area contributed by atoms with E-state index < -0.39 is 0 Å². The fraction of sp³-hybridized carbons (Fsp3) is 0.250. The maximum atomic E-state index is 12.1. The molecule has 1 amide bonds. The number of amides is 1. The minimum absolute atomic E-state index is 0.0363. The van der Waals surface area contributed by atoms with E-state index in [4.69, 9.17) is 9.72 Å². The molecule has 9 nitrogen and oxygen atoms in total. The summed E-state index contributed by atoms with van der Waals surface area (Å²) in [7, 11) is 3.40. The van der Waals surface area contributed by atoms with E-state index in [1.54, 1.807) is 25.4 Å². The number of carbonyl (C=O) groups excluding carboxylic acids is 1. The Hall–Kier alpha value is -4.37. The molecule has 1 fully saturated rings. The summed E-state index contributed by atoms with van der Waals surface area (Å²) < 4.78 is 7.98. The van der Waals surface area contributed by atoms with Gasteiger partial charge in [0.05, 0.1) is 36.5 Å². The predicted molar refractivity (Wildman–Crippen MR) is 147 cm³/mol. The fourth-order valence-corrected chi connectivity index (χ4v) is 4.46. The highest BCUT2D eigenvalue weighted by atomic mass is 16.5. The van der Waals surface area contributed by atoms with Gasteiger partial charge in [-0.3, -0.25) is 4.79 Å². The van der Waals surface area contributed by atoms with Crippen molar-refractivity contribution in [2.24, 2.45) is 0 Å². The number of nitrogens with zero attached hydrogens (tertiary/aromatic N) is 4. The van der Waals surface area contributed by atoms with E-state index in [0.717, 1.165) is 16.6 Å². The van der Waals surface area contributed by atoms with Gasteiger partial charge in [-0.25, -0.2) is 9.97 Å². The Labute approximate surface area is 215 Å². The molecule has 37 heavy (non-hydrogen) atoms. The third-order valence-electron chi connectivity index (χ3n) is 6.47. The molecule has 2 aromatic heterocycles. The highest BCUT2D eigenvalue weighted by Gasteiger charge is 2.26. The van der Waals surface area contributed by atoms with E-state index >= 15 is 0 Å². The van der Waals surface area contributed by atoms with Gasteiger partial charge in [0, 0.05) is 54.6 Å². The van der Waals surface area contributed by atoms with Crippen molar-refractivity contribution < 1.29 is 14.6 Å². The summed E-state index contributed by atoms with van der Waals surface area (Å²) >= 11 is 0. The number of hydrogen-bond acceptors (Lipinski definition) is 7. The normalized spacial score (nSPS) is 12.8. The SMILES string of the molecule is C=CC(=O)Nc1cc(Nc2nccc(-c3cn(C4CC4)c4ccccc34)n2)c(OC)cc1N(C)CCO. The maximum absolute atomic E-state index is 12.1. The summed E-state index contributed by atoms with van der Waals surface area (Å²) in [4.78, 5) is 23.2. The van der Waals surface area contributed by atoms with Crippen molar-refractivity contribution in [3.8, 4) is 17.0 Å². The largest absolute Gasteiger partial charge is 0.494 e. The Morgan fingerprint density at radius 1 is 1.27 bits per heavy atom. The van der Waals surface area contributed by atoms with E-state index in [2.05, 4.69) is 51.2 Å². The molecule has 0 aliphatic heterocycles. The molecule has 1 saturated carbocycles. The summed E-state index contributed by atoms with van der Waals surface area (Å²) in [5.41, 5.74) is 4.88. The third kappa shape index (κ3) is 4.99. The van der Waals surface area contributed by atoms with Gasteiger partial charge in [0.1, 0.15) is 5.75 Å². The molecule has 2 aromatic carbocycles. The van der Waals surface area contributed by atoms with Gasteiger partial charge in [0.25, 0.3) is 0 Å². The van der Waals surface area contributed by atoms with E-state index in [0.29, 0.717) is 41.3 Å². The second kappa shape index (κ2) is 10.3. The lowest BCUT2D eigenvalue weighted by molar-refractivity contribution is -0.111. The number of rotatable bonds is 10. The van der Waals surface area contributed by atoms with Crippen molar-refractivity contribution in [2.45, 2.75) is 18.9 Å². The monoisotopic (exact) mass is 498 g/mol. The number of methoxy groups -OCH3 is 1. The molecule has 0 bridgehead atoms. The quantitative estimate of drug-likeness (QED) is 0.271.